The van der Waals surface area contributed by atoms with E-state index in [0.29, 0.717) is 37.5 Å². The molecule has 0 atom stereocenters. The fraction of sp³-hybridized carbons (Fsp3) is 0.125. The lowest BCUT2D eigenvalue weighted by molar-refractivity contribution is -0.113. The van der Waals surface area contributed by atoms with Gasteiger partial charge in [-0.3, -0.25) is 14.2 Å². The molecule has 8 heteroatoms. The number of benzene rings is 3. The van der Waals surface area contributed by atoms with Gasteiger partial charge in [0.2, 0.25) is 5.91 Å². The SMILES string of the molecule is Cc1ccc(-n2c(SCC(=O)Nc3cc(Cl)ccc3Cl)nc3ccccc3c2=O)cc1C. The van der Waals surface area contributed by atoms with Crippen LogP contribution in [0.2, 0.25) is 10.0 Å². The maximum absolute atomic E-state index is 13.3. The van der Waals surface area contributed by atoms with E-state index >= 15 is 0 Å². The predicted molar refractivity (Wildman–Crippen MR) is 133 cm³/mol. The third-order valence-electron chi connectivity index (χ3n) is 5.03. The summed E-state index contributed by atoms with van der Waals surface area (Å²) < 4.78 is 1.55. The van der Waals surface area contributed by atoms with Crippen molar-refractivity contribution in [1.82, 2.24) is 9.55 Å². The predicted octanol–water partition coefficient (Wildman–Crippen LogP) is 6.04. The van der Waals surface area contributed by atoms with Gasteiger partial charge in [0.15, 0.2) is 5.16 Å². The Morgan fingerprint density at radius 3 is 2.59 bits per heavy atom. The Balaban J connectivity index is 1.69. The average molecular weight is 484 g/mol. The van der Waals surface area contributed by atoms with Gasteiger partial charge in [-0.2, -0.15) is 0 Å². The van der Waals surface area contributed by atoms with Crippen LogP contribution < -0.4 is 10.9 Å². The maximum Gasteiger partial charge on any atom is 0.266 e. The number of rotatable bonds is 5. The fourth-order valence-corrected chi connectivity index (χ4v) is 4.36. The van der Waals surface area contributed by atoms with E-state index in [1.165, 1.54) is 11.8 Å². The van der Waals surface area contributed by atoms with Crippen molar-refractivity contribution < 1.29 is 4.79 Å². The van der Waals surface area contributed by atoms with Crippen LogP contribution in [-0.4, -0.2) is 21.2 Å². The van der Waals surface area contributed by atoms with Crippen LogP contribution in [0.5, 0.6) is 0 Å². The van der Waals surface area contributed by atoms with Gasteiger partial charge >= 0.3 is 0 Å². The quantitative estimate of drug-likeness (QED) is 0.277. The maximum atomic E-state index is 13.3. The van der Waals surface area contributed by atoms with Crippen LogP contribution in [0.1, 0.15) is 11.1 Å². The summed E-state index contributed by atoms with van der Waals surface area (Å²) in [6.07, 6.45) is 0. The van der Waals surface area contributed by atoms with Gasteiger partial charge in [0.25, 0.3) is 5.56 Å². The number of aryl methyl sites for hydroxylation is 2. The molecule has 0 aliphatic heterocycles. The van der Waals surface area contributed by atoms with Gasteiger partial charge in [0, 0.05) is 5.02 Å². The molecule has 0 spiro atoms. The highest BCUT2D eigenvalue weighted by Gasteiger charge is 2.16. The summed E-state index contributed by atoms with van der Waals surface area (Å²) in [5.74, 6) is -0.244. The number of aromatic nitrogens is 2. The zero-order valence-corrected chi connectivity index (χ0v) is 19.7. The number of carbonyl (C=O) groups excluding carboxylic acids is 1. The van der Waals surface area contributed by atoms with Gasteiger partial charge in [-0.25, -0.2) is 4.98 Å². The number of nitrogens with one attached hydrogen (secondary N) is 1. The first-order chi connectivity index (χ1) is 15.3. The largest absolute Gasteiger partial charge is 0.324 e. The number of hydrogen-bond donors (Lipinski definition) is 1. The number of amides is 1. The summed E-state index contributed by atoms with van der Waals surface area (Å²) in [4.78, 5) is 30.6. The van der Waals surface area contributed by atoms with Crippen molar-refractivity contribution >= 4 is 57.5 Å². The van der Waals surface area contributed by atoms with Crippen molar-refractivity contribution in [3.63, 3.8) is 0 Å². The Hall–Kier alpha value is -2.80. The summed E-state index contributed by atoms with van der Waals surface area (Å²) in [7, 11) is 0. The van der Waals surface area contributed by atoms with Crippen LogP contribution in [0.4, 0.5) is 5.69 Å². The van der Waals surface area contributed by atoms with Crippen LogP contribution in [0.3, 0.4) is 0 Å². The first-order valence-corrected chi connectivity index (χ1v) is 11.5. The number of anilines is 1. The molecule has 0 fully saturated rings. The standard InChI is InChI=1S/C24H19Cl2N3O2S/c1-14-7-9-17(11-15(14)2)29-23(31)18-5-3-4-6-20(18)28-24(29)32-13-22(30)27-21-12-16(25)8-10-19(21)26/h3-12H,13H2,1-2H3,(H,27,30). The van der Waals surface area contributed by atoms with Gasteiger partial charge in [-0.15, -0.1) is 0 Å². The lowest BCUT2D eigenvalue weighted by Gasteiger charge is -2.14. The lowest BCUT2D eigenvalue weighted by Crippen LogP contribution is -2.23. The first-order valence-electron chi connectivity index (χ1n) is 9.80. The molecule has 1 heterocycles. The number of para-hydroxylation sites is 1. The summed E-state index contributed by atoms with van der Waals surface area (Å²) >= 11 is 13.3. The van der Waals surface area contributed by atoms with Crippen LogP contribution in [-0.2, 0) is 4.79 Å². The molecular formula is C24H19Cl2N3O2S. The summed E-state index contributed by atoms with van der Waals surface area (Å²) in [6.45, 7) is 4.01. The smallest absolute Gasteiger partial charge is 0.266 e. The molecule has 0 saturated carbocycles. The van der Waals surface area contributed by atoms with Crippen molar-refractivity contribution in [3.05, 3.63) is 92.2 Å². The van der Waals surface area contributed by atoms with E-state index in [-0.39, 0.29) is 17.2 Å². The van der Waals surface area contributed by atoms with E-state index in [2.05, 4.69) is 10.3 Å². The second-order valence-electron chi connectivity index (χ2n) is 7.28. The molecule has 5 nitrogen and oxygen atoms in total. The zero-order chi connectivity index (χ0) is 22.8. The third kappa shape index (κ3) is 4.67. The Bertz CT molecular complexity index is 1400. The first kappa shape index (κ1) is 22.4. The fourth-order valence-electron chi connectivity index (χ4n) is 3.21. The Morgan fingerprint density at radius 1 is 1.03 bits per heavy atom. The van der Waals surface area contributed by atoms with E-state index in [1.54, 1.807) is 34.9 Å². The monoisotopic (exact) mass is 483 g/mol. The van der Waals surface area contributed by atoms with Gasteiger partial charge < -0.3 is 5.32 Å². The highest BCUT2D eigenvalue weighted by Crippen LogP contribution is 2.27. The average Bonchev–Trinajstić information content (AvgIpc) is 2.77. The van der Waals surface area contributed by atoms with Crippen LogP contribution in [0.25, 0.3) is 16.6 Å². The second-order valence-corrected chi connectivity index (χ2v) is 9.07. The van der Waals surface area contributed by atoms with Crippen molar-refractivity contribution in [2.45, 2.75) is 19.0 Å². The number of hydrogen-bond acceptors (Lipinski definition) is 4. The molecule has 1 amide bonds. The molecule has 0 saturated heterocycles. The number of fused-ring (bicyclic) bond motifs is 1. The van der Waals surface area contributed by atoms with Gasteiger partial charge in [0.05, 0.1) is 33.1 Å². The van der Waals surface area contributed by atoms with E-state index < -0.39 is 0 Å². The molecule has 0 aliphatic rings. The van der Waals surface area contributed by atoms with Crippen molar-refractivity contribution in [2.24, 2.45) is 0 Å². The lowest BCUT2D eigenvalue weighted by atomic mass is 10.1. The van der Waals surface area contributed by atoms with Crippen LogP contribution in [0.15, 0.2) is 70.6 Å². The summed E-state index contributed by atoms with van der Waals surface area (Å²) in [5.41, 5.74) is 3.73. The topological polar surface area (TPSA) is 64.0 Å². The van der Waals surface area contributed by atoms with E-state index in [4.69, 9.17) is 23.2 Å². The third-order valence-corrected chi connectivity index (χ3v) is 6.53. The Morgan fingerprint density at radius 2 is 1.81 bits per heavy atom. The minimum atomic E-state index is -0.284. The Kier molecular flexibility index (Phi) is 6.55. The molecule has 0 radical (unpaired) electrons. The second kappa shape index (κ2) is 9.36. The molecule has 1 N–H and O–H groups in total. The Labute approximate surface area is 199 Å². The number of thioether (sulfide) groups is 1. The molecule has 0 bridgehead atoms. The molecule has 4 aromatic rings. The number of nitrogens with zero attached hydrogens (tertiary/aromatic N) is 2. The van der Waals surface area contributed by atoms with Crippen molar-refractivity contribution in [3.8, 4) is 5.69 Å². The van der Waals surface area contributed by atoms with Gasteiger partial charge in [-0.1, -0.05) is 53.2 Å². The zero-order valence-electron chi connectivity index (χ0n) is 17.4. The summed E-state index contributed by atoms with van der Waals surface area (Å²) in [5, 5.41) is 4.57. The normalized spacial score (nSPS) is 11.0. The summed E-state index contributed by atoms with van der Waals surface area (Å²) in [6, 6.07) is 17.8. The molecular weight excluding hydrogens is 465 g/mol. The molecule has 0 aliphatic carbocycles. The van der Waals surface area contributed by atoms with E-state index in [0.717, 1.165) is 11.1 Å². The molecule has 0 unspecified atom stereocenters. The van der Waals surface area contributed by atoms with Gasteiger partial charge in [0.1, 0.15) is 0 Å². The van der Waals surface area contributed by atoms with Gasteiger partial charge in [-0.05, 0) is 67.4 Å². The minimum absolute atomic E-state index is 0.0401. The number of halogens is 2. The van der Waals surface area contributed by atoms with Crippen molar-refractivity contribution in [1.29, 1.82) is 0 Å². The van der Waals surface area contributed by atoms with Crippen LogP contribution in [0, 0.1) is 13.8 Å². The van der Waals surface area contributed by atoms with Crippen LogP contribution >= 0.6 is 35.0 Å². The van der Waals surface area contributed by atoms with Crippen molar-refractivity contribution in [2.75, 3.05) is 11.1 Å². The number of carbonyl (C=O) groups is 1. The highest BCUT2D eigenvalue weighted by atomic mass is 35.5. The highest BCUT2D eigenvalue weighted by molar-refractivity contribution is 7.99. The molecule has 1 aromatic heterocycles. The molecule has 4 rings (SSSR count). The molecule has 32 heavy (non-hydrogen) atoms. The van der Waals surface area contributed by atoms with E-state index in [1.807, 2.05) is 44.2 Å². The molecule has 162 valence electrons. The minimum Gasteiger partial charge on any atom is -0.324 e. The molecule has 3 aromatic carbocycles. The van der Waals surface area contributed by atoms with E-state index in [9.17, 15) is 9.59 Å².